The van der Waals surface area contributed by atoms with E-state index >= 15 is 0 Å². The molecule has 2 N–H and O–H groups in total. The van der Waals surface area contributed by atoms with Crippen LogP contribution in [0.1, 0.15) is 55.4 Å². The van der Waals surface area contributed by atoms with Gasteiger partial charge in [0.2, 0.25) is 0 Å². The number of carbonyl (C=O) groups is 1. The maximum atomic E-state index is 12.6. The van der Waals surface area contributed by atoms with Gasteiger partial charge in [-0.1, -0.05) is 41.3 Å². The van der Waals surface area contributed by atoms with Gasteiger partial charge in [-0.25, -0.2) is 0 Å². The standard InChI is InChI=1S/C21H28BrN3O/c22-17-7-6-16-12-20(24-19(16)13-17)21(26)23-18-8-10-25(11-9-18)14-15-4-2-1-3-5-15/h6-7,12-13,15,18,24H,1-5,8-11,14H2,(H,23,26). The molecule has 1 aromatic carbocycles. The van der Waals surface area contributed by atoms with Crippen LogP contribution in [0.3, 0.4) is 0 Å². The van der Waals surface area contributed by atoms with Crippen LogP contribution in [0.4, 0.5) is 0 Å². The fourth-order valence-electron chi connectivity index (χ4n) is 4.48. The van der Waals surface area contributed by atoms with Crippen LogP contribution in [0.25, 0.3) is 10.9 Å². The van der Waals surface area contributed by atoms with Crippen LogP contribution < -0.4 is 5.32 Å². The Morgan fingerprint density at radius 1 is 1.12 bits per heavy atom. The Hall–Kier alpha value is -1.33. The zero-order valence-corrected chi connectivity index (χ0v) is 16.9. The van der Waals surface area contributed by atoms with Crippen molar-refractivity contribution in [2.24, 2.45) is 5.92 Å². The maximum Gasteiger partial charge on any atom is 0.267 e. The van der Waals surface area contributed by atoms with E-state index in [4.69, 9.17) is 0 Å². The molecule has 1 aromatic heterocycles. The number of piperidine rings is 1. The second-order valence-electron chi connectivity index (χ2n) is 7.97. The van der Waals surface area contributed by atoms with Crippen LogP contribution in [-0.2, 0) is 0 Å². The Bertz CT molecular complexity index is 758. The molecule has 0 radical (unpaired) electrons. The minimum atomic E-state index is 0.0167. The van der Waals surface area contributed by atoms with Crippen molar-refractivity contribution < 1.29 is 4.79 Å². The normalized spacial score (nSPS) is 20.5. The first-order valence-electron chi connectivity index (χ1n) is 9.99. The highest BCUT2D eigenvalue weighted by Crippen LogP contribution is 2.25. The van der Waals surface area contributed by atoms with Crippen molar-refractivity contribution in [3.8, 4) is 0 Å². The molecule has 2 aliphatic rings. The summed E-state index contributed by atoms with van der Waals surface area (Å²) in [6.07, 6.45) is 9.20. The minimum Gasteiger partial charge on any atom is -0.350 e. The fraction of sp³-hybridized carbons (Fsp3) is 0.571. The van der Waals surface area contributed by atoms with Gasteiger partial charge in [-0.15, -0.1) is 0 Å². The molecule has 1 aliphatic heterocycles. The van der Waals surface area contributed by atoms with E-state index in [2.05, 4.69) is 31.1 Å². The first-order chi connectivity index (χ1) is 12.7. The number of amides is 1. The third kappa shape index (κ3) is 4.32. The van der Waals surface area contributed by atoms with E-state index in [1.165, 1.54) is 38.6 Å². The lowest BCUT2D eigenvalue weighted by molar-refractivity contribution is 0.0897. The topological polar surface area (TPSA) is 48.1 Å². The van der Waals surface area contributed by atoms with Crippen molar-refractivity contribution >= 4 is 32.7 Å². The number of likely N-dealkylation sites (tertiary alicyclic amines) is 1. The SMILES string of the molecule is O=C(NC1CCN(CC2CCCCC2)CC1)c1cc2ccc(Br)cc2[nH]1. The van der Waals surface area contributed by atoms with E-state index in [0.717, 1.165) is 47.2 Å². The molecule has 2 fully saturated rings. The van der Waals surface area contributed by atoms with Crippen LogP contribution in [0, 0.1) is 5.92 Å². The molecule has 26 heavy (non-hydrogen) atoms. The number of aromatic amines is 1. The van der Waals surface area contributed by atoms with Crippen molar-refractivity contribution in [1.82, 2.24) is 15.2 Å². The number of hydrogen-bond donors (Lipinski definition) is 2. The van der Waals surface area contributed by atoms with Crippen LogP contribution in [0.5, 0.6) is 0 Å². The summed E-state index contributed by atoms with van der Waals surface area (Å²) in [6.45, 7) is 3.49. The lowest BCUT2D eigenvalue weighted by Crippen LogP contribution is -2.46. The summed E-state index contributed by atoms with van der Waals surface area (Å²) >= 11 is 3.47. The van der Waals surface area contributed by atoms with Gasteiger partial charge in [-0.2, -0.15) is 0 Å². The second kappa shape index (κ2) is 8.13. The molecule has 1 aliphatic carbocycles. The van der Waals surface area contributed by atoms with Gasteiger partial charge in [0.25, 0.3) is 5.91 Å². The summed E-state index contributed by atoms with van der Waals surface area (Å²) in [5.41, 5.74) is 1.65. The van der Waals surface area contributed by atoms with E-state index < -0.39 is 0 Å². The summed E-state index contributed by atoms with van der Waals surface area (Å²) in [6, 6.07) is 8.27. The third-order valence-electron chi connectivity index (χ3n) is 5.99. The quantitative estimate of drug-likeness (QED) is 0.756. The predicted octanol–water partition coefficient (Wildman–Crippen LogP) is 4.70. The molecule has 0 atom stereocenters. The predicted molar refractivity (Wildman–Crippen MR) is 110 cm³/mol. The molecule has 0 unspecified atom stereocenters. The molecule has 0 bridgehead atoms. The highest BCUT2D eigenvalue weighted by molar-refractivity contribution is 9.10. The van der Waals surface area contributed by atoms with Crippen molar-refractivity contribution in [1.29, 1.82) is 0 Å². The zero-order chi connectivity index (χ0) is 17.9. The van der Waals surface area contributed by atoms with Crippen molar-refractivity contribution in [3.63, 3.8) is 0 Å². The van der Waals surface area contributed by atoms with Crippen LogP contribution in [0.15, 0.2) is 28.7 Å². The van der Waals surface area contributed by atoms with Crippen LogP contribution in [-0.4, -0.2) is 41.5 Å². The van der Waals surface area contributed by atoms with Crippen LogP contribution >= 0.6 is 15.9 Å². The first kappa shape index (κ1) is 18.1. The lowest BCUT2D eigenvalue weighted by atomic mass is 9.88. The molecule has 2 heterocycles. The van der Waals surface area contributed by atoms with E-state index in [0.29, 0.717) is 11.7 Å². The number of fused-ring (bicyclic) bond motifs is 1. The van der Waals surface area contributed by atoms with Gasteiger partial charge in [0.1, 0.15) is 5.69 Å². The highest BCUT2D eigenvalue weighted by Gasteiger charge is 2.24. The van der Waals surface area contributed by atoms with Gasteiger partial charge in [0.05, 0.1) is 0 Å². The number of aromatic nitrogens is 1. The van der Waals surface area contributed by atoms with Gasteiger partial charge >= 0.3 is 0 Å². The second-order valence-corrected chi connectivity index (χ2v) is 8.88. The number of nitrogens with one attached hydrogen (secondary N) is 2. The van der Waals surface area contributed by atoms with E-state index in [1.807, 2.05) is 24.3 Å². The first-order valence-corrected chi connectivity index (χ1v) is 10.8. The average molecular weight is 418 g/mol. The third-order valence-corrected chi connectivity index (χ3v) is 6.49. The summed E-state index contributed by atoms with van der Waals surface area (Å²) in [5, 5.41) is 4.30. The van der Waals surface area contributed by atoms with Crippen LogP contribution in [0.2, 0.25) is 0 Å². The van der Waals surface area contributed by atoms with Gasteiger partial charge in [-0.05, 0) is 49.8 Å². The van der Waals surface area contributed by atoms with E-state index in [1.54, 1.807) is 0 Å². The van der Waals surface area contributed by atoms with E-state index in [-0.39, 0.29) is 5.91 Å². The molecule has 4 rings (SSSR count). The Balaban J connectivity index is 1.28. The molecule has 2 aromatic rings. The number of benzene rings is 1. The van der Waals surface area contributed by atoms with Crippen molar-refractivity contribution in [2.75, 3.05) is 19.6 Å². The molecule has 140 valence electrons. The summed E-state index contributed by atoms with van der Waals surface area (Å²) in [5.74, 6) is 0.920. The number of H-pyrrole nitrogens is 1. The molecule has 0 spiro atoms. The molecule has 1 saturated heterocycles. The summed E-state index contributed by atoms with van der Waals surface area (Å²) in [7, 11) is 0. The average Bonchev–Trinajstić information content (AvgIpc) is 3.07. The largest absolute Gasteiger partial charge is 0.350 e. The fourth-order valence-corrected chi connectivity index (χ4v) is 4.84. The smallest absolute Gasteiger partial charge is 0.267 e. The minimum absolute atomic E-state index is 0.0167. The highest BCUT2D eigenvalue weighted by atomic mass is 79.9. The lowest BCUT2D eigenvalue weighted by Gasteiger charge is -2.35. The number of carbonyl (C=O) groups excluding carboxylic acids is 1. The molecule has 5 heteroatoms. The maximum absolute atomic E-state index is 12.6. The summed E-state index contributed by atoms with van der Waals surface area (Å²) in [4.78, 5) is 18.4. The Kier molecular flexibility index (Phi) is 5.65. The molecule has 4 nitrogen and oxygen atoms in total. The molecular formula is C21H28BrN3O. The molecular weight excluding hydrogens is 390 g/mol. The molecule has 1 saturated carbocycles. The Morgan fingerprint density at radius 3 is 2.65 bits per heavy atom. The number of halogens is 1. The van der Waals surface area contributed by atoms with Gasteiger partial charge in [0, 0.05) is 41.1 Å². The number of hydrogen-bond acceptors (Lipinski definition) is 2. The van der Waals surface area contributed by atoms with Crippen molar-refractivity contribution in [2.45, 2.75) is 51.0 Å². The van der Waals surface area contributed by atoms with Gasteiger partial charge in [0.15, 0.2) is 0 Å². The Morgan fingerprint density at radius 2 is 1.88 bits per heavy atom. The van der Waals surface area contributed by atoms with Crippen molar-refractivity contribution in [3.05, 3.63) is 34.4 Å². The summed E-state index contributed by atoms with van der Waals surface area (Å²) < 4.78 is 1.02. The Labute approximate surface area is 163 Å². The van der Waals surface area contributed by atoms with Gasteiger partial charge in [-0.3, -0.25) is 4.79 Å². The van der Waals surface area contributed by atoms with Gasteiger partial charge < -0.3 is 15.2 Å². The number of rotatable bonds is 4. The van der Waals surface area contributed by atoms with E-state index in [9.17, 15) is 4.79 Å². The number of nitrogens with zero attached hydrogens (tertiary/aromatic N) is 1. The monoisotopic (exact) mass is 417 g/mol. The molecule has 1 amide bonds. The zero-order valence-electron chi connectivity index (χ0n) is 15.3.